The van der Waals surface area contributed by atoms with E-state index in [2.05, 4.69) is 35.6 Å². The van der Waals surface area contributed by atoms with E-state index < -0.39 is 0 Å². The number of aromatic nitrogens is 1. The van der Waals surface area contributed by atoms with Gasteiger partial charge in [-0.15, -0.1) is 0 Å². The summed E-state index contributed by atoms with van der Waals surface area (Å²) in [5.74, 6) is 0.764. The minimum absolute atomic E-state index is 0.764. The predicted octanol–water partition coefficient (Wildman–Crippen LogP) is 4.61. The number of aliphatic imine (C=N–C) groups is 1. The third-order valence-corrected chi connectivity index (χ3v) is 4.19. The highest BCUT2D eigenvalue weighted by Crippen LogP contribution is 2.24. The average Bonchev–Trinajstić information content (AvgIpc) is 2.67. The molecular formula is C21H19N3. The first-order valence-electron chi connectivity index (χ1n) is 8.33. The molecule has 1 aliphatic heterocycles. The van der Waals surface area contributed by atoms with E-state index in [9.17, 15) is 0 Å². The third kappa shape index (κ3) is 3.06. The van der Waals surface area contributed by atoms with Gasteiger partial charge in [0.15, 0.2) is 5.82 Å². The lowest BCUT2D eigenvalue weighted by molar-refractivity contribution is 0.802. The van der Waals surface area contributed by atoms with Gasteiger partial charge in [-0.2, -0.15) is 0 Å². The zero-order chi connectivity index (χ0) is 16.2. The minimum atomic E-state index is 0.764. The molecule has 0 aliphatic carbocycles. The van der Waals surface area contributed by atoms with Crippen molar-refractivity contribution in [1.29, 1.82) is 0 Å². The molecule has 1 N–H and O–H groups in total. The molecule has 3 heteroatoms. The number of hydrogen-bond acceptors (Lipinski definition) is 3. The van der Waals surface area contributed by atoms with Crippen LogP contribution >= 0.6 is 0 Å². The lowest BCUT2D eigenvalue weighted by Gasteiger charge is -2.17. The number of nitrogens with zero attached hydrogens (tertiary/aromatic N) is 2. The van der Waals surface area contributed by atoms with Crippen LogP contribution in [0.25, 0.3) is 0 Å². The Morgan fingerprint density at radius 3 is 2.17 bits per heavy atom. The van der Waals surface area contributed by atoms with Crippen LogP contribution in [0.1, 0.15) is 23.2 Å². The van der Waals surface area contributed by atoms with Gasteiger partial charge in [0.1, 0.15) is 0 Å². The van der Waals surface area contributed by atoms with Crippen LogP contribution in [0.15, 0.2) is 77.8 Å². The zero-order valence-electron chi connectivity index (χ0n) is 13.4. The number of anilines is 1. The van der Waals surface area contributed by atoms with E-state index in [-0.39, 0.29) is 0 Å². The largest absolute Gasteiger partial charge is 0.384 e. The van der Waals surface area contributed by atoms with Crippen molar-refractivity contribution in [1.82, 2.24) is 4.98 Å². The fourth-order valence-electron chi connectivity index (χ4n) is 2.98. The normalized spacial score (nSPS) is 12.8. The summed E-state index contributed by atoms with van der Waals surface area (Å²) in [6, 6.07) is 24.6. The minimum Gasteiger partial charge on any atom is -0.384 e. The number of rotatable bonds is 3. The summed E-state index contributed by atoms with van der Waals surface area (Å²) in [5, 5.41) is 3.40. The molecule has 0 atom stereocenters. The summed E-state index contributed by atoms with van der Waals surface area (Å²) in [6.07, 6.45) is 2.13. The Labute approximate surface area is 142 Å². The van der Waals surface area contributed by atoms with Crippen LogP contribution < -0.4 is 5.32 Å². The number of hydrogen-bond donors (Lipinski definition) is 1. The van der Waals surface area contributed by atoms with Crippen LogP contribution in [0.5, 0.6) is 0 Å². The molecule has 0 bridgehead atoms. The molecule has 24 heavy (non-hydrogen) atoms. The molecule has 0 saturated heterocycles. The Morgan fingerprint density at radius 1 is 0.833 bits per heavy atom. The smallest absolute Gasteiger partial charge is 0.152 e. The zero-order valence-corrected chi connectivity index (χ0v) is 13.4. The second-order valence-corrected chi connectivity index (χ2v) is 5.89. The number of nitrogens with one attached hydrogen (secondary N) is 1. The van der Waals surface area contributed by atoms with Crippen molar-refractivity contribution in [2.24, 2.45) is 4.99 Å². The molecule has 0 saturated carbocycles. The van der Waals surface area contributed by atoms with Gasteiger partial charge in [-0.1, -0.05) is 60.7 Å². The van der Waals surface area contributed by atoms with Crippen molar-refractivity contribution >= 4 is 17.2 Å². The molecule has 4 rings (SSSR count). The summed E-state index contributed by atoms with van der Waals surface area (Å²) in [4.78, 5) is 9.64. The first kappa shape index (κ1) is 14.6. The van der Waals surface area contributed by atoms with Gasteiger partial charge in [0.05, 0.1) is 17.1 Å². The second-order valence-electron chi connectivity index (χ2n) is 5.89. The topological polar surface area (TPSA) is 37.3 Å². The molecule has 3 aromatic rings. The molecule has 0 amide bonds. The molecule has 2 aromatic carbocycles. The molecule has 2 heterocycles. The van der Waals surface area contributed by atoms with Gasteiger partial charge in [0, 0.05) is 17.7 Å². The van der Waals surface area contributed by atoms with E-state index in [4.69, 9.17) is 9.98 Å². The lowest BCUT2D eigenvalue weighted by Crippen LogP contribution is -2.12. The highest BCUT2D eigenvalue weighted by atomic mass is 15.0. The maximum Gasteiger partial charge on any atom is 0.152 e. The first-order valence-corrected chi connectivity index (χ1v) is 8.33. The van der Waals surface area contributed by atoms with E-state index >= 15 is 0 Å². The van der Waals surface area contributed by atoms with Crippen molar-refractivity contribution in [2.45, 2.75) is 12.8 Å². The van der Waals surface area contributed by atoms with Gasteiger partial charge in [0.25, 0.3) is 0 Å². The standard InChI is InChI=1S/C21H19N3/c1-3-8-16(9-4-1)21(17-10-5-2-6-11-17)24-20-14-13-18-19(23-20)12-7-15-22-18/h1-6,8-11,13-14,22H,7,12,15H2. The van der Waals surface area contributed by atoms with Gasteiger partial charge in [-0.05, 0) is 25.0 Å². The van der Waals surface area contributed by atoms with Gasteiger partial charge in [0.2, 0.25) is 0 Å². The fraction of sp³-hybridized carbons (Fsp3) is 0.143. The maximum absolute atomic E-state index is 4.88. The molecule has 3 nitrogen and oxygen atoms in total. The van der Waals surface area contributed by atoms with E-state index in [1.807, 2.05) is 42.5 Å². The Kier molecular flexibility index (Phi) is 4.07. The second kappa shape index (κ2) is 6.67. The molecule has 118 valence electrons. The van der Waals surface area contributed by atoms with Gasteiger partial charge >= 0.3 is 0 Å². The van der Waals surface area contributed by atoms with Crippen LogP contribution in [-0.2, 0) is 6.42 Å². The summed E-state index contributed by atoms with van der Waals surface area (Å²) in [7, 11) is 0. The van der Waals surface area contributed by atoms with E-state index in [0.29, 0.717) is 0 Å². The molecule has 0 unspecified atom stereocenters. The van der Waals surface area contributed by atoms with Crippen LogP contribution in [0.3, 0.4) is 0 Å². The van der Waals surface area contributed by atoms with Gasteiger partial charge < -0.3 is 5.32 Å². The molecule has 0 spiro atoms. The summed E-state index contributed by atoms with van der Waals surface area (Å²) in [5.41, 5.74) is 5.40. The Morgan fingerprint density at radius 2 is 1.50 bits per heavy atom. The van der Waals surface area contributed by atoms with E-state index in [1.54, 1.807) is 0 Å². The Bertz CT molecular complexity index is 813. The number of fused-ring (bicyclic) bond motifs is 1. The summed E-state index contributed by atoms with van der Waals surface area (Å²) < 4.78 is 0. The monoisotopic (exact) mass is 313 g/mol. The SMILES string of the molecule is c1ccc(C(=Nc2ccc3c(n2)CCCN3)c2ccccc2)cc1. The van der Waals surface area contributed by atoms with Crippen molar-refractivity contribution in [3.8, 4) is 0 Å². The molecule has 0 radical (unpaired) electrons. The van der Waals surface area contributed by atoms with E-state index in [1.165, 1.54) is 0 Å². The lowest BCUT2D eigenvalue weighted by atomic mass is 10.0. The number of benzene rings is 2. The average molecular weight is 313 g/mol. The van der Waals surface area contributed by atoms with Crippen molar-refractivity contribution < 1.29 is 0 Å². The molecule has 1 aromatic heterocycles. The Hall–Kier alpha value is -2.94. The number of pyridine rings is 1. The highest BCUT2D eigenvalue weighted by Gasteiger charge is 2.12. The van der Waals surface area contributed by atoms with Gasteiger partial charge in [-0.3, -0.25) is 0 Å². The molecule has 0 fully saturated rings. The van der Waals surface area contributed by atoms with Gasteiger partial charge in [-0.25, -0.2) is 9.98 Å². The van der Waals surface area contributed by atoms with Crippen LogP contribution in [0, 0.1) is 0 Å². The van der Waals surface area contributed by atoms with Crippen molar-refractivity contribution in [2.75, 3.05) is 11.9 Å². The predicted molar refractivity (Wildman–Crippen MR) is 99.2 cm³/mol. The summed E-state index contributed by atoms with van der Waals surface area (Å²) >= 11 is 0. The molecular weight excluding hydrogens is 294 g/mol. The summed E-state index contributed by atoms with van der Waals surface area (Å²) in [6.45, 7) is 1.02. The maximum atomic E-state index is 4.88. The Balaban J connectivity index is 1.80. The van der Waals surface area contributed by atoms with Crippen LogP contribution in [0.4, 0.5) is 11.5 Å². The van der Waals surface area contributed by atoms with Crippen LogP contribution in [0.2, 0.25) is 0 Å². The quantitative estimate of drug-likeness (QED) is 0.717. The van der Waals surface area contributed by atoms with E-state index in [0.717, 1.165) is 53.4 Å². The third-order valence-electron chi connectivity index (χ3n) is 4.19. The van der Waals surface area contributed by atoms with Crippen molar-refractivity contribution in [3.63, 3.8) is 0 Å². The highest BCUT2D eigenvalue weighted by molar-refractivity contribution is 6.13. The first-order chi connectivity index (χ1) is 11.9. The van der Waals surface area contributed by atoms with Crippen LogP contribution in [-0.4, -0.2) is 17.2 Å². The fourth-order valence-corrected chi connectivity index (χ4v) is 2.98. The van der Waals surface area contributed by atoms with Crippen molar-refractivity contribution in [3.05, 3.63) is 89.6 Å². The number of aryl methyl sites for hydroxylation is 1. The molecule has 1 aliphatic rings.